The number of carboxylic acids is 1. The lowest BCUT2D eigenvalue weighted by Gasteiger charge is -2.28. The third kappa shape index (κ3) is 2.06. The summed E-state index contributed by atoms with van der Waals surface area (Å²) in [6.45, 7) is 0.184. The Morgan fingerprint density at radius 1 is 1.35 bits per heavy atom. The van der Waals surface area contributed by atoms with Crippen LogP contribution < -0.4 is 5.73 Å². The van der Waals surface area contributed by atoms with E-state index >= 15 is 0 Å². The number of hydrogen-bond acceptors (Lipinski definition) is 3. The number of rotatable bonds is 5. The average molecular weight is 270 g/mol. The molecule has 20 heavy (non-hydrogen) atoms. The molecule has 1 heterocycles. The second-order valence-corrected chi connectivity index (χ2v) is 5.60. The highest BCUT2D eigenvalue weighted by Crippen LogP contribution is 2.47. The van der Waals surface area contributed by atoms with Crippen molar-refractivity contribution in [3.05, 3.63) is 42.1 Å². The van der Waals surface area contributed by atoms with Gasteiger partial charge in [0.1, 0.15) is 0 Å². The van der Waals surface area contributed by atoms with Crippen molar-refractivity contribution in [1.82, 2.24) is 4.98 Å². The van der Waals surface area contributed by atoms with Crippen molar-refractivity contribution >= 4 is 16.9 Å². The number of para-hydroxylation sites is 1. The Morgan fingerprint density at radius 2 is 2.10 bits per heavy atom. The van der Waals surface area contributed by atoms with Gasteiger partial charge in [0.15, 0.2) is 0 Å². The molecule has 1 aliphatic rings. The molecule has 1 atom stereocenters. The average Bonchev–Trinajstić information content (AvgIpc) is 3.29. The maximum Gasteiger partial charge on any atom is 0.311 e. The Hall–Kier alpha value is -1.94. The van der Waals surface area contributed by atoms with Crippen LogP contribution in [0.4, 0.5) is 0 Å². The molecule has 1 unspecified atom stereocenters. The van der Waals surface area contributed by atoms with Gasteiger partial charge in [-0.25, -0.2) is 0 Å². The number of hydrogen-bond donors (Lipinski definition) is 2. The topological polar surface area (TPSA) is 76.2 Å². The third-order valence-electron chi connectivity index (χ3n) is 4.39. The van der Waals surface area contributed by atoms with Crippen LogP contribution in [-0.2, 0) is 11.2 Å². The number of pyridine rings is 1. The van der Waals surface area contributed by atoms with E-state index in [1.165, 1.54) is 0 Å². The highest BCUT2D eigenvalue weighted by atomic mass is 16.4. The van der Waals surface area contributed by atoms with E-state index in [1.54, 1.807) is 6.20 Å². The number of nitrogens with two attached hydrogens (primary N) is 1. The van der Waals surface area contributed by atoms with E-state index in [2.05, 4.69) is 4.98 Å². The largest absolute Gasteiger partial charge is 0.481 e. The number of aliphatic carboxylic acids is 1. The first kappa shape index (κ1) is 13.1. The van der Waals surface area contributed by atoms with Gasteiger partial charge in [-0.05, 0) is 42.9 Å². The molecule has 0 amide bonds. The summed E-state index contributed by atoms with van der Waals surface area (Å²) < 4.78 is 0. The van der Waals surface area contributed by atoms with Gasteiger partial charge in [0, 0.05) is 18.1 Å². The van der Waals surface area contributed by atoms with Crippen molar-refractivity contribution in [2.75, 3.05) is 6.54 Å². The maximum absolute atomic E-state index is 11.8. The first-order valence-corrected chi connectivity index (χ1v) is 6.93. The van der Waals surface area contributed by atoms with Crippen LogP contribution in [0, 0.1) is 11.3 Å². The molecular weight excluding hydrogens is 252 g/mol. The van der Waals surface area contributed by atoms with Gasteiger partial charge in [-0.3, -0.25) is 9.78 Å². The molecule has 1 aromatic carbocycles. The molecule has 0 radical (unpaired) electrons. The maximum atomic E-state index is 11.8. The van der Waals surface area contributed by atoms with Gasteiger partial charge >= 0.3 is 5.97 Å². The minimum atomic E-state index is -0.829. The minimum Gasteiger partial charge on any atom is -0.481 e. The standard InChI is InChI=1S/C16H18N2O2/c17-10-16(15(19)20,12-5-6-12)9-11-7-8-18-14-4-2-1-3-13(11)14/h1-4,7-8,12H,5-6,9-10,17H2,(H,19,20). The fraction of sp³-hybridized carbons (Fsp3) is 0.375. The van der Waals surface area contributed by atoms with Crippen LogP contribution in [0.1, 0.15) is 18.4 Å². The molecule has 1 aliphatic carbocycles. The van der Waals surface area contributed by atoms with Crippen molar-refractivity contribution in [2.24, 2.45) is 17.1 Å². The monoisotopic (exact) mass is 270 g/mol. The Balaban J connectivity index is 2.05. The van der Waals surface area contributed by atoms with Gasteiger partial charge in [0.05, 0.1) is 10.9 Å². The highest BCUT2D eigenvalue weighted by molar-refractivity contribution is 5.83. The fourth-order valence-corrected chi connectivity index (χ4v) is 3.01. The molecule has 1 aromatic heterocycles. The van der Waals surface area contributed by atoms with Crippen LogP contribution in [0.3, 0.4) is 0 Å². The highest BCUT2D eigenvalue weighted by Gasteiger charge is 2.50. The molecule has 1 saturated carbocycles. The number of aromatic nitrogens is 1. The lowest BCUT2D eigenvalue weighted by molar-refractivity contribution is -0.149. The molecule has 3 N–H and O–H groups in total. The molecule has 1 fully saturated rings. The minimum absolute atomic E-state index is 0.184. The van der Waals surface area contributed by atoms with Crippen molar-refractivity contribution in [3.8, 4) is 0 Å². The molecule has 104 valence electrons. The van der Waals surface area contributed by atoms with Crippen LogP contribution in [0.5, 0.6) is 0 Å². The Labute approximate surface area is 117 Å². The van der Waals surface area contributed by atoms with E-state index in [-0.39, 0.29) is 12.5 Å². The lowest BCUT2D eigenvalue weighted by atomic mass is 9.76. The SMILES string of the molecule is NCC(Cc1ccnc2ccccc12)(C(=O)O)C1CC1. The zero-order valence-electron chi connectivity index (χ0n) is 11.2. The van der Waals surface area contributed by atoms with Gasteiger partial charge in [0.25, 0.3) is 0 Å². The zero-order chi connectivity index (χ0) is 14.2. The molecule has 2 aromatic rings. The van der Waals surface area contributed by atoms with E-state index in [9.17, 15) is 9.90 Å². The predicted octanol–water partition coefficient (Wildman–Crippen LogP) is 2.22. The molecule has 3 rings (SSSR count). The summed E-state index contributed by atoms with van der Waals surface area (Å²) in [7, 11) is 0. The van der Waals surface area contributed by atoms with Crippen molar-refractivity contribution in [2.45, 2.75) is 19.3 Å². The van der Waals surface area contributed by atoms with E-state index < -0.39 is 11.4 Å². The molecule has 0 aliphatic heterocycles. The Bertz CT molecular complexity index is 646. The van der Waals surface area contributed by atoms with Gasteiger partial charge in [-0.15, -0.1) is 0 Å². The first-order valence-electron chi connectivity index (χ1n) is 6.93. The summed E-state index contributed by atoms with van der Waals surface area (Å²) in [5.74, 6) is -0.569. The van der Waals surface area contributed by atoms with Crippen LogP contribution >= 0.6 is 0 Å². The van der Waals surface area contributed by atoms with Gasteiger partial charge in [0.2, 0.25) is 0 Å². The summed E-state index contributed by atoms with van der Waals surface area (Å²) in [5, 5.41) is 10.7. The van der Waals surface area contributed by atoms with Crippen LogP contribution in [0.2, 0.25) is 0 Å². The molecular formula is C16H18N2O2. The zero-order valence-corrected chi connectivity index (χ0v) is 11.2. The Morgan fingerprint density at radius 3 is 2.75 bits per heavy atom. The third-order valence-corrected chi connectivity index (χ3v) is 4.39. The van der Waals surface area contributed by atoms with Crippen LogP contribution in [-0.4, -0.2) is 22.6 Å². The number of carbonyl (C=O) groups is 1. The number of fused-ring (bicyclic) bond motifs is 1. The van der Waals surface area contributed by atoms with Gasteiger partial charge < -0.3 is 10.8 Å². The Kier molecular flexibility index (Phi) is 3.18. The summed E-state index contributed by atoms with van der Waals surface area (Å²) in [5.41, 5.74) is 6.94. The van der Waals surface area contributed by atoms with E-state index in [0.717, 1.165) is 29.3 Å². The summed E-state index contributed by atoms with van der Waals surface area (Å²) in [6.07, 6.45) is 4.15. The summed E-state index contributed by atoms with van der Waals surface area (Å²) in [4.78, 5) is 16.1. The fourth-order valence-electron chi connectivity index (χ4n) is 3.01. The second kappa shape index (κ2) is 4.87. The number of benzene rings is 1. The first-order chi connectivity index (χ1) is 9.67. The summed E-state index contributed by atoms with van der Waals surface area (Å²) in [6, 6.07) is 9.75. The summed E-state index contributed by atoms with van der Waals surface area (Å²) >= 11 is 0. The molecule has 0 bridgehead atoms. The van der Waals surface area contributed by atoms with Crippen molar-refractivity contribution in [3.63, 3.8) is 0 Å². The van der Waals surface area contributed by atoms with E-state index in [0.29, 0.717) is 6.42 Å². The molecule has 4 nitrogen and oxygen atoms in total. The molecule has 0 saturated heterocycles. The number of nitrogens with zero attached hydrogens (tertiary/aromatic N) is 1. The predicted molar refractivity (Wildman–Crippen MR) is 77.3 cm³/mol. The number of carboxylic acid groups (broad SMARTS) is 1. The van der Waals surface area contributed by atoms with Gasteiger partial charge in [-0.2, -0.15) is 0 Å². The van der Waals surface area contributed by atoms with Crippen LogP contribution in [0.15, 0.2) is 36.5 Å². The van der Waals surface area contributed by atoms with E-state index in [1.807, 2.05) is 30.3 Å². The van der Waals surface area contributed by atoms with Crippen molar-refractivity contribution in [1.29, 1.82) is 0 Å². The van der Waals surface area contributed by atoms with Crippen LogP contribution in [0.25, 0.3) is 10.9 Å². The van der Waals surface area contributed by atoms with Crippen molar-refractivity contribution < 1.29 is 9.90 Å². The quantitative estimate of drug-likeness (QED) is 0.873. The molecule has 4 heteroatoms. The van der Waals surface area contributed by atoms with E-state index in [4.69, 9.17) is 5.73 Å². The second-order valence-electron chi connectivity index (χ2n) is 5.60. The molecule has 0 spiro atoms. The normalized spacial score (nSPS) is 17.9. The van der Waals surface area contributed by atoms with Gasteiger partial charge in [-0.1, -0.05) is 18.2 Å². The smallest absolute Gasteiger partial charge is 0.311 e. The lowest BCUT2D eigenvalue weighted by Crippen LogP contribution is -2.42.